The number of nitrogens with one attached hydrogen (secondary N) is 2. The average Bonchev–Trinajstić information content (AvgIpc) is 3.35. The van der Waals surface area contributed by atoms with Crippen LogP contribution in [0.2, 0.25) is 0 Å². The van der Waals surface area contributed by atoms with Gasteiger partial charge in [-0.05, 0) is 24.1 Å². The molecule has 8 heteroatoms. The van der Waals surface area contributed by atoms with Crippen molar-refractivity contribution in [2.75, 3.05) is 0 Å². The van der Waals surface area contributed by atoms with Crippen molar-refractivity contribution in [2.24, 2.45) is 0 Å². The van der Waals surface area contributed by atoms with E-state index in [0.29, 0.717) is 12.0 Å². The second-order valence-corrected chi connectivity index (χ2v) is 6.65. The van der Waals surface area contributed by atoms with Crippen LogP contribution in [0.4, 0.5) is 4.79 Å². The first kappa shape index (κ1) is 18.4. The van der Waals surface area contributed by atoms with Crippen molar-refractivity contribution >= 4 is 17.8 Å². The summed E-state index contributed by atoms with van der Waals surface area (Å²) in [7, 11) is 0. The van der Waals surface area contributed by atoms with Gasteiger partial charge < -0.3 is 5.32 Å². The maximum atomic E-state index is 13.1. The molecule has 146 valence electrons. The Balaban J connectivity index is 1.55. The SMILES string of the molecule is CCC1(c2ccccc2)NC(=O)N(NC(=O)c2cnn(-c3ccccc3)c2)C1=O. The molecule has 4 amide bonds. The van der Waals surface area contributed by atoms with E-state index in [1.54, 1.807) is 35.9 Å². The Labute approximate surface area is 167 Å². The van der Waals surface area contributed by atoms with Crippen molar-refractivity contribution in [3.05, 3.63) is 84.2 Å². The first-order chi connectivity index (χ1) is 14.0. The lowest BCUT2D eigenvalue weighted by Gasteiger charge is -2.25. The van der Waals surface area contributed by atoms with Gasteiger partial charge in [0.15, 0.2) is 0 Å². The molecule has 0 aliphatic carbocycles. The van der Waals surface area contributed by atoms with Gasteiger partial charge in [-0.25, -0.2) is 9.48 Å². The molecule has 0 bridgehead atoms. The van der Waals surface area contributed by atoms with Crippen molar-refractivity contribution < 1.29 is 14.4 Å². The summed E-state index contributed by atoms with van der Waals surface area (Å²) in [5, 5.41) is 7.62. The fourth-order valence-electron chi connectivity index (χ4n) is 3.37. The third-order valence-electron chi connectivity index (χ3n) is 4.97. The van der Waals surface area contributed by atoms with Crippen molar-refractivity contribution in [1.82, 2.24) is 25.5 Å². The van der Waals surface area contributed by atoms with Gasteiger partial charge in [0, 0.05) is 6.20 Å². The number of carbonyl (C=O) groups excluding carboxylic acids is 3. The van der Waals surface area contributed by atoms with E-state index in [9.17, 15) is 14.4 Å². The number of urea groups is 1. The summed E-state index contributed by atoms with van der Waals surface area (Å²) >= 11 is 0. The van der Waals surface area contributed by atoms with Crippen LogP contribution in [0.1, 0.15) is 29.3 Å². The molecule has 8 nitrogen and oxygen atoms in total. The number of hydrazine groups is 1. The Morgan fingerprint density at radius 3 is 2.38 bits per heavy atom. The fraction of sp³-hybridized carbons (Fsp3) is 0.143. The first-order valence-electron chi connectivity index (χ1n) is 9.18. The number of para-hydroxylation sites is 1. The highest BCUT2D eigenvalue weighted by atomic mass is 16.2. The Bertz CT molecular complexity index is 1060. The maximum Gasteiger partial charge on any atom is 0.344 e. The highest BCUT2D eigenvalue weighted by Gasteiger charge is 2.52. The molecular formula is C21H19N5O3. The molecule has 2 heterocycles. The molecule has 1 unspecified atom stereocenters. The maximum absolute atomic E-state index is 13.1. The molecule has 1 saturated heterocycles. The van der Waals surface area contributed by atoms with Gasteiger partial charge >= 0.3 is 6.03 Å². The summed E-state index contributed by atoms with van der Waals surface area (Å²) < 4.78 is 1.54. The quantitative estimate of drug-likeness (QED) is 0.655. The van der Waals surface area contributed by atoms with E-state index < -0.39 is 23.4 Å². The molecule has 1 atom stereocenters. The van der Waals surface area contributed by atoms with Crippen LogP contribution in [0.25, 0.3) is 5.69 Å². The van der Waals surface area contributed by atoms with Crippen molar-refractivity contribution in [1.29, 1.82) is 0 Å². The zero-order valence-electron chi connectivity index (χ0n) is 15.7. The average molecular weight is 389 g/mol. The van der Waals surface area contributed by atoms with Gasteiger partial charge in [-0.2, -0.15) is 10.1 Å². The van der Waals surface area contributed by atoms with Gasteiger partial charge in [0.2, 0.25) is 0 Å². The molecule has 4 rings (SSSR count). The largest absolute Gasteiger partial charge is 0.344 e. The topological polar surface area (TPSA) is 96.3 Å². The second kappa shape index (κ2) is 7.23. The second-order valence-electron chi connectivity index (χ2n) is 6.65. The summed E-state index contributed by atoms with van der Waals surface area (Å²) in [6.07, 6.45) is 3.26. The molecule has 1 aliphatic heterocycles. The summed E-state index contributed by atoms with van der Waals surface area (Å²) in [5.41, 5.74) is 2.86. The van der Waals surface area contributed by atoms with E-state index in [-0.39, 0.29) is 5.56 Å². The van der Waals surface area contributed by atoms with Gasteiger partial charge in [-0.1, -0.05) is 55.5 Å². The zero-order chi connectivity index (χ0) is 20.4. The molecule has 1 aromatic heterocycles. The molecule has 3 aromatic rings. The van der Waals surface area contributed by atoms with Crippen molar-refractivity contribution in [2.45, 2.75) is 18.9 Å². The summed E-state index contributed by atoms with van der Waals surface area (Å²) in [6.45, 7) is 1.81. The molecular weight excluding hydrogens is 370 g/mol. The van der Waals surface area contributed by atoms with Crippen LogP contribution in [-0.4, -0.2) is 32.6 Å². The highest BCUT2D eigenvalue weighted by Crippen LogP contribution is 2.31. The standard InChI is InChI=1S/C21H19N5O3/c1-2-21(16-9-5-3-6-10-16)19(28)26(20(29)23-21)24-18(27)15-13-22-25(14-15)17-11-7-4-8-12-17/h3-14H,2H2,1H3,(H,23,29)(H,24,27). The minimum Gasteiger partial charge on any atom is -0.318 e. The molecule has 0 saturated carbocycles. The van der Waals surface area contributed by atoms with E-state index in [1.807, 2.05) is 36.4 Å². The van der Waals surface area contributed by atoms with Gasteiger partial charge in [-0.15, -0.1) is 0 Å². The molecule has 29 heavy (non-hydrogen) atoms. The fourth-order valence-corrected chi connectivity index (χ4v) is 3.37. The van der Waals surface area contributed by atoms with Crippen molar-refractivity contribution in [3.63, 3.8) is 0 Å². The first-order valence-corrected chi connectivity index (χ1v) is 9.18. The highest BCUT2D eigenvalue weighted by molar-refractivity contribution is 6.09. The summed E-state index contributed by atoms with van der Waals surface area (Å²) in [4.78, 5) is 38.2. The zero-order valence-corrected chi connectivity index (χ0v) is 15.7. The number of nitrogens with zero attached hydrogens (tertiary/aromatic N) is 3. The van der Waals surface area contributed by atoms with E-state index in [4.69, 9.17) is 0 Å². The monoisotopic (exact) mass is 389 g/mol. The number of hydrogen-bond donors (Lipinski definition) is 2. The number of imide groups is 1. The van der Waals surface area contributed by atoms with Gasteiger partial charge in [0.25, 0.3) is 11.8 Å². The van der Waals surface area contributed by atoms with E-state index in [1.165, 1.54) is 12.4 Å². The van der Waals surface area contributed by atoms with Gasteiger partial charge in [0.1, 0.15) is 5.54 Å². The predicted octanol–water partition coefficient (Wildman–Crippen LogP) is 2.37. The lowest BCUT2D eigenvalue weighted by molar-refractivity contribution is -0.133. The minimum absolute atomic E-state index is 0.225. The van der Waals surface area contributed by atoms with E-state index in [0.717, 1.165) is 10.7 Å². The van der Waals surface area contributed by atoms with Crippen molar-refractivity contribution in [3.8, 4) is 5.69 Å². The molecule has 0 radical (unpaired) electrons. The lowest BCUT2D eigenvalue weighted by atomic mass is 9.87. The number of benzene rings is 2. The number of amides is 4. The molecule has 2 aromatic carbocycles. The molecule has 2 N–H and O–H groups in total. The van der Waals surface area contributed by atoms with Crippen LogP contribution in [0.5, 0.6) is 0 Å². The van der Waals surface area contributed by atoms with Crippen LogP contribution >= 0.6 is 0 Å². The van der Waals surface area contributed by atoms with E-state index >= 15 is 0 Å². The summed E-state index contributed by atoms with van der Waals surface area (Å²) in [5.74, 6) is -1.13. The normalized spacial score (nSPS) is 18.6. The number of rotatable bonds is 5. The Morgan fingerprint density at radius 1 is 1.07 bits per heavy atom. The Hall–Kier alpha value is -3.94. The smallest absolute Gasteiger partial charge is 0.318 e. The van der Waals surface area contributed by atoms with Crippen LogP contribution < -0.4 is 10.7 Å². The Kier molecular flexibility index (Phi) is 4.59. The number of aromatic nitrogens is 2. The number of hydrogen-bond acceptors (Lipinski definition) is 4. The minimum atomic E-state index is -1.21. The van der Waals surface area contributed by atoms with Crippen LogP contribution in [0.15, 0.2) is 73.1 Å². The number of carbonyl (C=O) groups is 3. The van der Waals surface area contributed by atoms with Crippen LogP contribution in [-0.2, 0) is 10.3 Å². The molecule has 1 fully saturated rings. The molecule has 0 spiro atoms. The Morgan fingerprint density at radius 2 is 1.72 bits per heavy atom. The van der Waals surface area contributed by atoms with Crippen LogP contribution in [0.3, 0.4) is 0 Å². The lowest BCUT2D eigenvalue weighted by Crippen LogP contribution is -2.48. The predicted molar refractivity (Wildman–Crippen MR) is 105 cm³/mol. The third-order valence-corrected chi connectivity index (χ3v) is 4.97. The molecule has 1 aliphatic rings. The van der Waals surface area contributed by atoms with E-state index in [2.05, 4.69) is 15.8 Å². The van der Waals surface area contributed by atoms with Crippen LogP contribution in [0, 0.1) is 0 Å². The van der Waals surface area contributed by atoms with Gasteiger partial charge in [-0.3, -0.25) is 15.0 Å². The van der Waals surface area contributed by atoms with Gasteiger partial charge in [0.05, 0.1) is 17.4 Å². The third kappa shape index (κ3) is 3.14. The summed E-state index contributed by atoms with van der Waals surface area (Å²) in [6, 6.07) is 17.6.